The Labute approximate surface area is 154 Å². The smallest absolute Gasteiger partial charge is 0.311 e. The van der Waals surface area contributed by atoms with Crippen LogP contribution in [0.5, 0.6) is 0 Å². The molecule has 3 aromatic rings. The average Bonchev–Trinajstić information content (AvgIpc) is 2.64. The number of benzene rings is 3. The molecule has 0 aliphatic heterocycles. The summed E-state index contributed by atoms with van der Waals surface area (Å²) in [4.78, 5) is 24.3. The Morgan fingerprint density at radius 1 is 1.04 bits per heavy atom. The molecule has 3 rings (SSSR count). The summed E-state index contributed by atoms with van der Waals surface area (Å²) in [5, 5.41) is 4.21. The molecule has 0 aromatic heterocycles. The van der Waals surface area contributed by atoms with Crippen molar-refractivity contribution in [2.75, 3.05) is 5.32 Å². The topological polar surface area (TPSA) is 55.4 Å². The normalized spacial score (nSPS) is 11.8. The Morgan fingerprint density at radius 3 is 2.56 bits per heavy atom. The maximum Gasteiger partial charge on any atom is 0.311 e. The number of fused-ring (bicyclic) bond motifs is 1. The van der Waals surface area contributed by atoms with Crippen LogP contribution < -0.4 is 5.32 Å². The molecule has 1 unspecified atom stereocenters. The minimum Gasteiger partial charge on any atom is -0.452 e. The number of hydrogen-bond donors (Lipinski definition) is 1. The molecule has 27 heavy (non-hydrogen) atoms. The Balaban J connectivity index is 1.63. The van der Waals surface area contributed by atoms with Crippen molar-refractivity contribution >= 4 is 28.3 Å². The van der Waals surface area contributed by atoms with Crippen molar-refractivity contribution in [1.82, 2.24) is 0 Å². The van der Waals surface area contributed by atoms with Gasteiger partial charge >= 0.3 is 5.97 Å². The average molecular weight is 369 g/mol. The van der Waals surface area contributed by atoms with Gasteiger partial charge in [-0.2, -0.15) is 0 Å². The van der Waals surface area contributed by atoms with Gasteiger partial charge in [-0.15, -0.1) is 0 Å². The summed E-state index contributed by atoms with van der Waals surface area (Å²) in [5.41, 5.74) is 0.605. The third-order valence-corrected chi connectivity index (χ3v) is 4.08. The van der Waals surface area contributed by atoms with Gasteiger partial charge in [0.25, 0.3) is 5.91 Å². The van der Waals surface area contributed by atoms with Crippen molar-refractivity contribution in [2.45, 2.75) is 19.4 Å². The summed E-state index contributed by atoms with van der Waals surface area (Å²) in [7, 11) is 0. The SMILES string of the molecule is CC(OC(=O)Cc1cccc2ccccc12)C(=O)Nc1ccc(F)cc1F. The summed E-state index contributed by atoms with van der Waals surface area (Å²) in [6.45, 7) is 1.39. The van der Waals surface area contributed by atoms with Crippen molar-refractivity contribution < 1.29 is 23.1 Å². The monoisotopic (exact) mass is 369 g/mol. The Bertz CT molecular complexity index is 998. The molecule has 0 aliphatic rings. The van der Waals surface area contributed by atoms with Gasteiger partial charge in [-0.25, -0.2) is 8.78 Å². The molecule has 6 heteroatoms. The molecule has 0 aliphatic carbocycles. The highest BCUT2D eigenvalue weighted by atomic mass is 19.1. The van der Waals surface area contributed by atoms with Crippen LogP contribution in [0, 0.1) is 11.6 Å². The molecular formula is C21H17F2NO3. The van der Waals surface area contributed by atoms with E-state index in [9.17, 15) is 18.4 Å². The van der Waals surface area contributed by atoms with Crippen LogP contribution >= 0.6 is 0 Å². The molecular weight excluding hydrogens is 352 g/mol. The van der Waals surface area contributed by atoms with E-state index >= 15 is 0 Å². The van der Waals surface area contributed by atoms with E-state index in [0.717, 1.165) is 28.5 Å². The third kappa shape index (κ3) is 4.47. The molecule has 0 saturated heterocycles. The van der Waals surface area contributed by atoms with Crippen LogP contribution in [0.1, 0.15) is 12.5 Å². The molecule has 0 heterocycles. The first-order valence-electron chi connectivity index (χ1n) is 8.36. The second kappa shape index (κ2) is 7.95. The summed E-state index contributed by atoms with van der Waals surface area (Å²) < 4.78 is 31.7. The number of carbonyl (C=O) groups excluding carboxylic acids is 2. The molecule has 1 amide bonds. The molecule has 1 N–H and O–H groups in total. The van der Waals surface area contributed by atoms with Crippen molar-refractivity contribution in [3.05, 3.63) is 77.9 Å². The van der Waals surface area contributed by atoms with Gasteiger partial charge in [-0.1, -0.05) is 42.5 Å². The van der Waals surface area contributed by atoms with Crippen LogP contribution in [0.2, 0.25) is 0 Å². The van der Waals surface area contributed by atoms with Crippen LogP contribution in [0.3, 0.4) is 0 Å². The second-order valence-electron chi connectivity index (χ2n) is 6.06. The van der Waals surface area contributed by atoms with Gasteiger partial charge in [-0.3, -0.25) is 9.59 Å². The van der Waals surface area contributed by atoms with Crippen LogP contribution in [0.25, 0.3) is 10.8 Å². The number of hydrogen-bond acceptors (Lipinski definition) is 3. The molecule has 0 saturated carbocycles. The Morgan fingerprint density at radius 2 is 1.78 bits per heavy atom. The molecule has 138 valence electrons. The molecule has 0 bridgehead atoms. The van der Waals surface area contributed by atoms with Gasteiger partial charge in [0.1, 0.15) is 11.6 Å². The van der Waals surface area contributed by atoms with Crippen LogP contribution in [0.15, 0.2) is 60.7 Å². The van der Waals surface area contributed by atoms with Crippen molar-refractivity contribution in [3.63, 3.8) is 0 Å². The first-order valence-corrected chi connectivity index (χ1v) is 8.36. The third-order valence-electron chi connectivity index (χ3n) is 4.08. The highest BCUT2D eigenvalue weighted by Crippen LogP contribution is 2.20. The van der Waals surface area contributed by atoms with Gasteiger partial charge in [-0.05, 0) is 35.4 Å². The Hall–Kier alpha value is -3.28. The standard InChI is InChI=1S/C21H17F2NO3/c1-13(21(26)24-19-10-9-16(22)12-18(19)23)27-20(25)11-15-7-4-6-14-5-2-3-8-17(14)15/h2-10,12-13H,11H2,1H3,(H,24,26). The van der Waals surface area contributed by atoms with E-state index in [1.54, 1.807) is 0 Å². The van der Waals surface area contributed by atoms with Gasteiger partial charge in [0.05, 0.1) is 12.1 Å². The van der Waals surface area contributed by atoms with E-state index in [-0.39, 0.29) is 12.1 Å². The summed E-state index contributed by atoms with van der Waals surface area (Å²) in [5.74, 6) is -2.93. The predicted octanol–water partition coefficient (Wildman–Crippen LogP) is 4.23. The molecule has 1 atom stereocenters. The molecule has 4 nitrogen and oxygen atoms in total. The minimum atomic E-state index is -1.13. The highest BCUT2D eigenvalue weighted by Gasteiger charge is 2.20. The van der Waals surface area contributed by atoms with Gasteiger partial charge < -0.3 is 10.1 Å². The van der Waals surface area contributed by atoms with Crippen molar-refractivity contribution in [1.29, 1.82) is 0 Å². The lowest BCUT2D eigenvalue weighted by molar-refractivity contribution is -0.152. The minimum absolute atomic E-state index is 0.00385. The second-order valence-corrected chi connectivity index (χ2v) is 6.06. The lowest BCUT2D eigenvalue weighted by Crippen LogP contribution is -2.30. The number of ether oxygens (including phenoxy) is 1. The van der Waals surface area contributed by atoms with Crippen molar-refractivity contribution in [2.24, 2.45) is 0 Å². The fourth-order valence-corrected chi connectivity index (χ4v) is 2.72. The maximum atomic E-state index is 13.6. The van der Waals surface area contributed by atoms with Crippen LogP contribution in [-0.4, -0.2) is 18.0 Å². The maximum absolute atomic E-state index is 13.6. The zero-order valence-electron chi connectivity index (χ0n) is 14.5. The Kier molecular flexibility index (Phi) is 5.45. The van der Waals surface area contributed by atoms with E-state index in [2.05, 4.69) is 5.32 Å². The summed E-state index contributed by atoms with van der Waals surface area (Å²) >= 11 is 0. The van der Waals surface area contributed by atoms with E-state index in [1.165, 1.54) is 6.92 Å². The predicted molar refractivity (Wildman–Crippen MR) is 98.2 cm³/mol. The first kappa shape index (κ1) is 18.5. The van der Waals surface area contributed by atoms with E-state index < -0.39 is 29.6 Å². The number of carbonyl (C=O) groups is 2. The first-order chi connectivity index (χ1) is 12.9. The van der Waals surface area contributed by atoms with Gasteiger partial charge in [0, 0.05) is 6.07 Å². The quantitative estimate of drug-likeness (QED) is 0.685. The van der Waals surface area contributed by atoms with E-state index in [1.807, 2.05) is 42.5 Å². The molecule has 3 aromatic carbocycles. The van der Waals surface area contributed by atoms with E-state index in [4.69, 9.17) is 4.74 Å². The summed E-state index contributed by atoms with van der Waals surface area (Å²) in [6, 6.07) is 16.0. The highest BCUT2D eigenvalue weighted by molar-refractivity contribution is 5.95. The lowest BCUT2D eigenvalue weighted by atomic mass is 10.0. The fraction of sp³-hybridized carbons (Fsp3) is 0.143. The van der Waals surface area contributed by atoms with Crippen LogP contribution in [0.4, 0.5) is 14.5 Å². The fourth-order valence-electron chi connectivity index (χ4n) is 2.72. The van der Waals surface area contributed by atoms with Crippen molar-refractivity contribution in [3.8, 4) is 0 Å². The summed E-state index contributed by atoms with van der Waals surface area (Å²) in [6.07, 6.45) is -1.12. The zero-order chi connectivity index (χ0) is 19.4. The van der Waals surface area contributed by atoms with E-state index in [0.29, 0.717) is 6.07 Å². The largest absolute Gasteiger partial charge is 0.452 e. The van der Waals surface area contributed by atoms with Gasteiger partial charge in [0.15, 0.2) is 6.10 Å². The van der Waals surface area contributed by atoms with Gasteiger partial charge in [0.2, 0.25) is 0 Å². The lowest BCUT2D eigenvalue weighted by Gasteiger charge is -2.14. The number of amides is 1. The zero-order valence-corrected chi connectivity index (χ0v) is 14.5. The number of rotatable bonds is 5. The molecule has 0 radical (unpaired) electrons. The number of esters is 1. The van der Waals surface area contributed by atoms with Crippen LogP contribution in [-0.2, 0) is 20.7 Å². The number of anilines is 1. The number of nitrogens with one attached hydrogen (secondary N) is 1. The molecule has 0 spiro atoms. The molecule has 0 fully saturated rings. The number of halogens is 2.